The highest BCUT2D eigenvalue weighted by molar-refractivity contribution is 5.12. The van der Waals surface area contributed by atoms with Crippen molar-refractivity contribution in [2.75, 3.05) is 13.2 Å². The Hall–Kier alpha value is -0.500. The van der Waals surface area contributed by atoms with Gasteiger partial charge in [-0.25, -0.2) is 0 Å². The van der Waals surface area contributed by atoms with Crippen LogP contribution in [0.25, 0.3) is 0 Å². The predicted octanol–water partition coefficient (Wildman–Crippen LogP) is 4.12. The first-order valence-electron chi connectivity index (χ1n) is 8.26. The number of likely N-dealkylation sites (N-methyl/N-ethyl adjacent to an activating group) is 1. The molecule has 2 nitrogen and oxygen atoms in total. The number of nitrogens with one attached hydrogen (secondary N) is 1. The average molecular weight is 265 g/mol. The van der Waals surface area contributed by atoms with E-state index in [-0.39, 0.29) is 0 Å². The van der Waals surface area contributed by atoms with E-state index in [0.717, 1.165) is 30.9 Å². The van der Waals surface area contributed by atoms with E-state index in [1.54, 1.807) is 0 Å². The summed E-state index contributed by atoms with van der Waals surface area (Å²) in [4.78, 5) is 0. The van der Waals surface area contributed by atoms with Crippen LogP contribution in [0.1, 0.15) is 59.3 Å². The van der Waals surface area contributed by atoms with Gasteiger partial charge in [0.05, 0.1) is 12.9 Å². The molecule has 0 aromatic rings. The number of hydrogen-bond acceptors (Lipinski definition) is 2. The molecule has 0 aromatic heterocycles. The number of hydrogen-bond donors (Lipinski definition) is 1. The van der Waals surface area contributed by atoms with Crippen molar-refractivity contribution in [3.63, 3.8) is 0 Å². The van der Waals surface area contributed by atoms with Gasteiger partial charge in [-0.15, -0.1) is 0 Å². The Morgan fingerprint density at radius 1 is 1.21 bits per heavy atom. The number of ether oxygens (including phenoxy) is 1. The third kappa shape index (κ3) is 3.98. The molecule has 1 atom stereocenters. The van der Waals surface area contributed by atoms with Gasteiger partial charge in [-0.1, -0.05) is 20.8 Å². The maximum atomic E-state index is 5.56. The summed E-state index contributed by atoms with van der Waals surface area (Å²) in [6.45, 7) is 8.94. The molecule has 0 bridgehead atoms. The molecule has 1 N–H and O–H groups in total. The SMILES string of the molecule is CCNC(C1=COCCC1)C1CCC(C(C)C)CC1. The Bertz CT molecular complexity index is 290. The van der Waals surface area contributed by atoms with Crippen LogP contribution in [0, 0.1) is 17.8 Å². The van der Waals surface area contributed by atoms with Crippen LogP contribution in [0.5, 0.6) is 0 Å². The van der Waals surface area contributed by atoms with Crippen molar-refractivity contribution in [2.45, 2.75) is 65.3 Å². The van der Waals surface area contributed by atoms with Crippen molar-refractivity contribution >= 4 is 0 Å². The van der Waals surface area contributed by atoms with E-state index in [9.17, 15) is 0 Å². The zero-order valence-corrected chi connectivity index (χ0v) is 13.0. The molecular formula is C17H31NO. The fraction of sp³-hybridized carbons (Fsp3) is 0.882. The molecule has 0 saturated heterocycles. The molecule has 2 aliphatic rings. The second-order valence-electron chi connectivity index (χ2n) is 6.62. The topological polar surface area (TPSA) is 21.3 Å². The van der Waals surface area contributed by atoms with E-state index >= 15 is 0 Å². The summed E-state index contributed by atoms with van der Waals surface area (Å²) in [7, 11) is 0. The maximum Gasteiger partial charge on any atom is 0.0876 e. The summed E-state index contributed by atoms with van der Waals surface area (Å²) in [5.74, 6) is 2.63. The summed E-state index contributed by atoms with van der Waals surface area (Å²) in [5.41, 5.74) is 1.51. The monoisotopic (exact) mass is 265 g/mol. The molecule has 1 fully saturated rings. The third-order valence-corrected chi connectivity index (χ3v) is 5.02. The molecule has 2 rings (SSSR count). The van der Waals surface area contributed by atoms with Crippen LogP contribution in [-0.2, 0) is 4.74 Å². The van der Waals surface area contributed by atoms with E-state index in [4.69, 9.17) is 4.74 Å². The van der Waals surface area contributed by atoms with Gasteiger partial charge in [0.25, 0.3) is 0 Å². The smallest absolute Gasteiger partial charge is 0.0876 e. The molecule has 1 saturated carbocycles. The first-order chi connectivity index (χ1) is 9.22. The lowest BCUT2D eigenvalue weighted by molar-refractivity contribution is 0.182. The van der Waals surface area contributed by atoms with Gasteiger partial charge in [0.15, 0.2) is 0 Å². The summed E-state index contributed by atoms with van der Waals surface area (Å²) in [6, 6.07) is 0.568. The lowest BCUT2D eigenvalue weighted by Gasteiger charge is -2.37. The van der Waals surface area contributed by atoms with Gasteiger partial charge < -0.3 is 10.1 Å². The fourth-order valence-electron chi connectivity index (χ4n) is 3.78. The van der Waals surface area contributed by atoms with Crippen LogP contribution < -0.4 is 5.32 Å². The van der Waals surface area contributed by atoms with Crippen molar-refractivity contribution < 1.29 is 4.74 Å². The average Bonchev–Trinajstić information content (AvgIpc) is 2.46. The highest BCUT2D eigenvalue weighted by atomic mass is 16.5. The van der Waals surface area contributed by atoms with Crippen molar-refractivity contribution in [3.8, 4) is 0 Å². The van der Waals surface area contributed by atoms with E-state index in [2.05, 4.69) is 26.1 Å². The summed E-state index contributed by atoms with van der Waals surface area (Å²) in [5, 5.41) is 3.72. The minimum Gasteiger partial charge on any atom is -0.501 e. The molecule has 0 amide bonds. The molecule has 1 heterocycles. The quantitative estimate of drug-likeness (QED) is 0.807. The van der Waals surface area contributed by atoms with E-state index in [1.807, 2.05) is 6.26 Å². The Kier molecular flexibility index (Phi) is 5.75. The van der Waals surface area contributed by atoms with Crippen LogP contribution in [0.4, 0.5) is 0 Å². The molecule has 1 aliphatic heterocycles. The highest BCUT2D eigenvalue weighted by Crippen LogP contribution is 2.37. The van der Waals surface area contributed by atoms with Crippen molar-refractivity contribution in [1.82, 2.24) is 5.32 Å². The van der Waals surface area contributed by atoms with Gasteiger partial charge >= 0.3 is 0 Å². The normalized spacial score (nSPS) is 29.8. The first-order valence-corrected chi connectivity index (χ1v) is 8.26. The van der Waals surface area contributed by atoms with Gasteiger partial charge in [-0.3, -0.25) is 0 Å². The Morgan fingerprint density at radius 3 is 2.42 bits per heavy atom. The zero-order chi connectivity index (χ0) is 13.7. The lowest BCUT2D eigenvalue weighted by atomic mass is 9.73. The molecule has 0 radical (unpaired) electrons. The molecule has 0 aromatic carbocycles. The number of rotatable bonds is 5. The minimum atomic E-state index is 0.568. The summed E-state index contributed by atoms with van der Waals surface area (Å²) in [6.07, 6.45) is 10.1. The third-order valence-electron chi connectivity index (χ3n) is 5.02. The van der Waals surface area contributed by atoms with E-state index in [0.29, 0.717) is 6.04 Å². The largest absolute Gasteiger partial charge is 0.501 e. The summed E-state index contributed by atoms with van der Waals surface area (Å²) < 4.78 is 5.56. The first kappa shape index (κ1) is 14.9. The molecule has 19 heavy (non-hydrogen) atoms. The highest BCUT2D eigenvalue weighted by Gasteiger charge is 2.30. The Labute approximate surface area is 119 Å². The molecule has 1 unspecified atom stereocenters. The molecule has 0 spiro atoms. The Balaban J connectivity index is 1.94. The molecular weight excluding hydrogens is 234 g/mol. The maximum absolute atomic E-state index is 5.56. The van der Waals surface area contributed by atoms with E-state index < -0.39 is 0 Å². The summed E-state index contributed by atoms with van der Waals surface area (Å²) >= 11 is 0. The van der Waals surface area contributed by atoms with Gasteiger partial charge in [0.2, 0.25) is 0 Å². The predicted molar refractivity (Wildman–Crippen MR) is 81.0 cm³/mol. The molecule has 2 heteroatoms. The van der Waals surface area contributed by atoms with Crippen LogP contribution >= 0.6 is 0 Å². The second kappa shape index (κ2) is 7.33. The van der Waals surface area contributed by atoms with Gasteiger partial charge in [0, 0.05) is 6.04 Å². The van der Waals surface area contributed by atoms with Crippen LogP contribution in [0.2, 0.25) is 0 Å². The van der Waals surface area contributed by atoms with Crippen molar-refractivity contribution in [3.05, 3.63) is 11.8 Å². The van der Waals surface area contributed by atoms with Crippen LogP contribution in [0.15, 0.2) is 11.8 Å². The second-order valence-corrected chi connectivity index (χ2v) is 6.62. The zero-order valence-electron chi connectivity index (χ0n) is 13.0. The van der Waals surface area contributed by atoms with E-state index in [1.165, 1.54) is 44.1 Å². The lowest BCUT2D eigenvalue weighted by Crippen LogP contribution is -2.40. The van der Waals surface area contributed by atoms with Gasteiger partial charge in [-0.2, -0.15) is 0 Å². The van der Waals surface area contributed by atoms with Crippen LogP contribution in [0.3, 0.4) is 0 Å². The van der Waals surface area contributed by atoms with Gasteiger partial charge in [0.1, 0.15) is 0 Å². The standard InChI is InChI=1S/C17H31NO/c1-4-18-17(16-6-5-11-19-12-16)15-9-7-14(8-10-15)13(2)3/h12-15,17-18H,4-11H2,1-3H3. The van der Waals surface area contributed by atoms with Crippen LogP contribution in [-0.4, -0.2) is 19.2 Å². The van der Waals surface area contributed by atoms with Crippen molar-refractivity contribution in [2.24, 2.45) is 17.8 Å². The van der Waals surface area contributed by atoms with Gasteiger partial charge in [-0.05, 0) is 68.4 Å². The minimum absolute atomic E-state index is 0.568. The molecule has 1 aliphatic carbocycles. The fourth-order valence-corrected chi connectivity index (χ4v) is 3.78. The molecule has 110 valence electrons. The van der Waals surface area contributed by atoms with Crippen molar-refractivity contribution in [1.29, 1.82) is 0 Å². The Morgan fingerprint density at radius 2 is 1.89 bits per heavy atom.